The third kappa shape index (κ3) is 2.22. The predicted octanol–water partition coefficient (Wildman–Crippen LogP) is 0.948. The fraction of sp³-hybridized carbons (Fsp3) is 0.400. The van der Waals surface area contributed by atoms with Crippen molar-refractivity contribution < 1.29 is 29.7 Å². The molecule has 0 spiro atoms. The summed E-state index contributed by atoms with van der Waals surface area (Å²) >= 11 is 3.25. The highest BCUT2D eigenvalue weighted by molar-refractivity contribution is 8.19. The van der Waals surface area contributed by atoms with Gasteiger partial charge in [-0.25, -0.2) is 4.79 Å². The number of benzene rings is 1. The van der Waals surface area contributed by atoms with E-state index in [4.69, 9.17) is 10.8 Å². The normalized spacial score (nSPS) is 29.6. The summed E-state index contributed by atoms with van der Waals surface area (Å²) in [6.07, 6.45) is -0.705. The minimum atomic E-state index is -2.25. The first-order chi connectivity index (χ1) is 11.2. The highest BCUT2D eigenvalue weighted by Gasteiger charge is 2.81. The molecule has 1 saturated heterocycles. The molecule has 1 aliphatic heterocycles. The first-order valence-electron chi connectivity index (χ1n) is 7.10. The Bertz CT molecular complexity index is 747. The molecule has 0 amide bonds. The van der Waals surface area contributed by atoms with Gasteiger partial charge in [0.15, 0.2) is 11.3 Å². The second-order valence-electron chi connectivity index (χ2n) is 5.77. The summed E-state index contributed by atoms with van der Waals surface area (Å²) < 4.78 is -0.0438. The number of carboxylic acids is 2. The molecule has 2 atom stereocenters. The molecule has 1 heterocycles. The number of carbonyl (C=O) groups is 3. The van der Waals surface area contributed by atoms with Crippen LogP contribution in [0, 0.1) is 0 Å². The van der Waals surface area contributed by atoms with Crippen molar-refractivity contribution in [3.8, 4) is 5.75 Å². The van der Waals surface area contributed by atoms with Gasteiger partial charge in [-0.15, -0.1) is 23.5 Å². The summed E-state index contributed by atoms with van der Waals surface area (Å²) in [5.41, 5.74) is 2.47. The van der Waals surface area contributed by atoms with Crippen LogP contribution in [0.2, 0.25) is 0 Å². The van der Waals surface area contributed by atoms with Gasteiger partial charge in [0.05, 0.1) is 11.0 Å². The van der Waals surface area contributed by atoms with E-state index in [0.29, 0.717) is 5.56 Å². The van der Waals surface area contributed by atoms with Gasteiger partial charge in [-0.1, -0.05) is 6.07 Å². The Labute approximate surface area is 145 Å². The lowest BCUT2D eigenvalue weighted by molar-refractivity contribution is -0.141. The van der Waals surface area contributed by atoms with E-state index in [-0.39, 0.29) is 15.9 Å². The summed E-state index contributed by atoms with van der Waals surface area (Å²) in [7, 11) is 0. The summed E-state index contributed by atoms with van der Waals surface area (Å²) in [4.78, 5) is 35.0. The van der Waals surface area contributed by atoms with Crippen molar-refractivity contribution in [2.75, 3.05) is 11.5 Å². The van der Waals surface area contributed by atoms with Gasteiger partial charge in [0.1, 0.15) is 11.2 Å². The van der Waals surface area contributed by atoms with E-state index in [2.05, 4.69) is 0 Å². The van der Waals surface area contributed by atoms with Crippen LogP contribution in [0.5, 0.6) is 5.75 Å². The van der Waals surface area contributed by atoms with Crippen LogP contribution in [0.15, 0.2) is 18.2 Å². The van der Waals surface area contributed by atoms with Crippen LogP contribution in [0.3, 0.4) is 0 Å². The van der Waals surface area contributed by atoms with Gasteiger partial charge in [-0.2, -0.15) is 0 Å². The number of thioether (sulfide) groups is 2. The molecule has 128 valence electrons. The summed E-state index contributed by atoms with van der Waals surface area (Å²) in [5, 5.41) is 28.6. The second-order valence-corrected chi connectivity index (χ2v) is 8.49. The second kappa shape index (κ2) is 5.68. The lowest BCUT2D eigenvalue weighted by Crippen LogP contribution is -2.42. The largest absolute Gasteiger partial charge is 0.508 e. The van der Waals surface area contributed by atoms with Crippen molar-refractivity contribution in [2.45, 2.75) is 22.0 Å². The molecular weight excluding hydrogens is 354 g/mol. The molecule has 1 unspecified atom stereocenters. The molecule has 24 heavy (non-hydrogen) atoms. The third-order valence-corrected chi connectivity index (χ3v) is 7.57. The topological polar surface area (TPSA) is 138 Å². The van der Waals surface area contributed by atoms with Crippen LogP contribution < -0.4 is 5.73 Å². The zero-order valence-electron chi connectivity index (χ0n) is 12.4. The molecule has 1 aliphatic carbocycles. The molecule has 5 N–H and O–H groups in total. The predicted molar refractivity (Wildman–Crippen MR) is 89.3 cm³/mol. The van der Waals surface area contributed by atoms with Crippen LogP contribution in [0.4, 0.5) is 0 Å². The number of hydrogen-bond acceptors (Lipinski definition) is 7. The maximum Gasteiger partial charge on any atom is 0.332 e. The van der Waals surface area contributed by atoms with Crippen molar-refractivity contribution in [3.05, 3.63) is 29.3 Å². The zero-order chi connectivity index (χ0) is 17.7. The van der Waals surface area contributed by atoms with Gasteiger partial charge in [0.2, 0.25) is 0 Å². The number of aromatic hydroxyl groups is 1. The van der Waals surface area contributed by atoms with Gasteiger partial charge < -0.3 is 21.1 Å². The molecular formula is C15H15NO6S2. The first kappa shape index (κ1) is 17.1. The summed E-state index contributed by atoms with van der Waals surface area (Å²) in [6.45, 7) is 0. The van der Waals surface area contributed by atoms with E-state index >= 15 is 0 Å². The number of carbonyl (C=O) groups excluding carboxylic acids is 1. The highest BCUT2D eigenvalue weighted by atomic mass is 32.2. The van der Waals surface area contributed by atoms with E-state index in [0.717, 1.165) is 11.5 Å². The Morgan fingerprint density at radius 3 is 2.38 bits per heavy atom. The van der Waals surface area contributed by atoms with Crippen molar-refractivity contribution in [3.63, 3.8) is 0 Å². The molecule has 0 aromatic heterocycles. The minimum absolute atomic E-state index is 0.0298. The lowest BCUT2D eigenvalue weighted by atomic mass is 9.86. The van der Waals surface area contributed by atoms with Crippen molar-refractivity contribution in [1.82, 2.24) is 0 Å². The maximum atomic E-state index is 12.3. The SMILES string of the molecule is N[C@@]1(C(=O)O)C(=O)C1(CC(=O)O)c1ccc(O)c(C2SCCS2)c1. The Balaban J connectivity index is 2.10. The van der Waals surface area contributed by atoms with E-state index in [1.54, 1.807) is 23.5 Å². The van der Waals surface area contributed by atoms with E-state index in [1.165, 1.54) is 18.2 Å². The van der Waals surface area contributed by atoms with Crippen molar-refractivity contribution >= 4 is 41.2 Å². The van der Waals surface area contributed by atoms with Crippen LogP contribution >= 0.6 is 23.5 Å². The number of Topliss-reactive ketones (excluding diaryl/α,β-unsaturated/α-hetero) is 1. The quantitative estimate of drug-likeness (QED) is 0.559. The van der Waals surface area contributed by atoms with E-state index in [1.807, 2.05) is 0 Å². The van der Waals surface area contributed by atoms with Gasteiger partial charge in [-0.05, 0) is 17.7 Å². The molecule has 0 radical (unpaired) electrons. The van der Waals surface area contributed by atoms with Gasteiger partial charge in [0.25, 0.3) is 0 Å². The molecule has 1 aromatic carbocycles. The fourth-order valence-electron chi connectivity index (χ4n) is 3.18. The number of phenols is 1. The Morgan fingerprint density at radius 1 is 1.25 bits per heavy atom. The molecule has 1 saturated carbocycles. The Morgan fingerprint density at radius 2 is 1.88 bits per heavy atom. The molecule has 3 rings (SSSR count). The molecule has 9 heteroatoms. The number of phenolic OH excluding ortho intramolecular Hbond substituents is 1. The van der Waals surface area contributed by atoms with Crippen LogP contribution in [0.1, 0.15) is 22.1 Å². The van der Waals surface area contributed by atoms with E-state index < -0.39 is 35.1 Å². The average molecular weight is 369 g/mol. The zero-order valence-corrected chi connectivity index (χ0v) is 14.0. The van der Waals surface area contributed by atoms with Crippen LogP contribution in [0.25, 0.3) is 0 Å². The number of carboxylic acid groups (broad SMARTS) is 2. The summed E-state index contributed by atoms with van der Waals surface area (Å²) in [6, 6.07) is 4.26. The molecule has 2 fully saturated rings. The Kier molecular flexibility index (Phi) is 4.05. The lowest BCUT2D eigenvalue weighted by Gasteiger charge is -2.19. The first-order valence-corrected chi connectivity index (χ1v) is 9.20. The number of nitrogens with two attached hydrogens (primary N) is 1. The molecule has 0 bridgehead atoms. The number of hydrogen-bond donors (Lipinski definition) is 4. The molecule has 1 aromatic rings. The van der Waals surface area contributed by atoms with Crippen molar-refractivity contribution in [2.24, 2.45) is 5.73 Å². The molecule has 7 nitrogen and oxygen atoms in total. The number of rotatable bonds is 5. The fourth-order valence-corrected chi connectivity index (χ4v) is 6.08. The van der Waals surface area contributed by atoms with E-state index in [9.17, 15) is 24.6 Å². The van der Waals surface area contributed by atoms with Crippen LogP contribution in [-0.2, 0) is 19.8 Å². The van der Waals surface area contributed by atoms with Gasteiger partial charge >= 0.3 is 11.9 Å². The van der Waals surface area contributed by atoms with Crippen LogP contribution in [-0.4, -0.2) is 50.1 Å². The highest BCUT2D eigenvalue weighted by Crippen LogP contribution is 2.56. The van der Waals surface area contributed by atoms with Gasteiger partial charge in [0, 0.05) is 17.1 Å². The molecule has 2 aliphatic rings. The Hall–Kier alpha value is -1.71. The summed E-state index contributed by atoms with van der Waals surface area (Å²) in [5.74, 6) is -1.83. The number of ketones is 1. The third-order valence-electron chi connectivity index (χ3n) is 4.51. The maximum absolute atomic E-state index is 12.3. The minimum Gasteiger partial charge on any atom is -0.508 e. The average Bonchev–Trinajstić information content (AvgIpc) is 2.89. The standard InChI is InChI=1S/C15H15NO6S2/c16-15(13(21)22)12(20)14(15,6-10(18)19)7-1-2-9(17)8(5-7)11-23-3-4-24-11/h1-2,5,11,17H,3-4,6,16H2,(H,18,19)(H,21,22)/t14?,15-/m1/s1. The number of aliphatic carboxylic acids is 2. The monoisotopic (exact) mass is 369 g/mol. The van der Waals surface area contributed by atoms with Crippen molar-refractivity contribution in [1.29, 1.82) is 0 Å². The van der Waals surface area contributed by atoms with Gasteiger partial charge in [-0.3, -0.25) is 9.59 Å². The smallest absolute Gasteiger partial charge is 0.332 e.